The zero-order chi connectivity index (χ0) is 13.3. The van der Waals surface area contributed by atoms with Crippen molar-refractivity contribution < 1.29 is 19.7 Å². The molecule has 1 aromatic rings. The van der Waals surface area contributed by atoms with Crippen LogP contribution >= 0.6 is 0 Å². The number of aliphatic hydroxyl groups is 2. The van der Waals surface area contributed by atoms with E-state index in [1.165, 1.54) is 4.90 Å². The lowest BCUT2D eigenvalue weighted by Crippen LogP contribution is -2.29. The lowest BCUT2D eigenvalue weighted by Gasteiger charge is -2.16. The van der Waals surface area contributed by atoms with E-state index in [-0.39, 0.29) is 19.0 Å². The molecule has 0 aliphatic carbocycles. The minimum Gasteiger partial charge on any atom is -0.496 e. The van der Waals surface area contributed by atoms with Crippen molar-refractivity contribution in [2.24, 2.45) is 0 Å². The Balaban J connectivity index is 2.19. The van der Waals surface area contributed by atoms with E-state index in [0.717, 1.165) is 5.56 Å². The number of aryl methyl sites for hydroxylation is 1. The molecule has 0 saturated carbocycles. The molecule has 18 heavy (non-hydrogen) atoms. The molecule has 2 atom stereocenters. The number of benzene rings is 1. The van der Waals surface area contributed by atoms with Gasteiger partial charge in [0.2, 0.25) is 0 Å². The molecule has 0 bridgehead atoms. The normalized spacial score (nSPS) is 23.2. The lowest BCUT2D eigenvalue weighted by molar-refractivity contribution is 0.0572. The van der Waals surface area contributed by atoms with Crippen LogP contribution in [0.2, 0.25) is 0 Å². The molecule has 2 rings (SSSR count). The van der Waals surface area contributed by atoms with E-state index < -0.39 is 12.2 Å². The summed E-state index contributed by atoms with van der Waals surface area (Å²) >= 11 is 0. The van der Waals surface area contributed by atoms with Gasteiger partial charge in [0, 0.05) is 18.7 Å². The first kappa shape index (κ1) is 12.9. The van der Waals surface area contributed by atoms with Crippen molar-refractivity contribution in [3.8, 4) is 5.75 Å². The van der Waals surface area contributed by atoms with Crippen LogP contribution in [0.15, 0.2) is 18.2 Å². The number of β-amino-alcohol motifs (C(OH)–C–C–N with tert-alkyl or cyclic N) is 2. The fraction of sp³-hybridized carbons (Fsp3) is 0.462. The number of rotatable bonds is 2. The molecule has 0 spiro atoms. The molecule has 0 unspecified atom stereocenters. The zero-order valence-corrected chi connectivity index (χ0v) is 10.5. The van der Waals surface area contributed by atoms with Crippen LogP contribution in [0, 0.1) is 6.92 Å². The number of hydrogen-bond donors (Lipinski definition) is 2. The van der Waals surface area contributed by atoms with E-state index in [9.17, 15) is 15.0 Å². The van der Waals surface area contributed by atoms with Crippen molar-refractivity contribution in [2.45, 2.75) is 19.1 Å². The molecule has 5 nitrogen and oxygen atoms in total. The van der Waals surface area contributed by atoms with Crippen LogP contribution in [-0.2, 0) is 0 Å². The smallest absolute Gasteiger partial charge is 0.254 e. The first-order chi connectivity index (χ1) is 8.52. The summed E-state index contributed by atoms with van der Waals surface area (Å²) in [7, 11) is 1.56. The molecule has 1 heterocycles. The van der Waals surface area contributed by atoms with Gasteiger partial charge in [-0.2, -0.15) is 0 Å². The Labute approximate surface area is 106 Å². The first-order valence-electron chi connectivity index (χ1n) is 5.83. The summed E-state index contributed by atoms with van der Waals surface area (Å²) in [5, 5.41) is 18.9. The summed E-state index contributed by atoms with van der Waals surface area (Å²) < 4.78 is 5.17. The maximum absolute atomic E-state index is 12.2. The summed E-state index contributed by atoms with van der Waals surface area (Å²) in [5.41, 5.74) is 1.45. The van der Waals surface area contributed by atoms with Gasteiger partial charge in [0.05, 0.1) is 19.3 Å². The number of likely N-dealkylation sites (tertiary alicyclic amines) is 1. The largest absolute Gasteiger partial charge is 0.496 e. The Morgan fingerprint density at radius 1 is 1.33 bits per heavy atom. The van der Waals surface area contributed by atoms with E-state index in [0.29, 0.717) is 11.3 Å². The van der Waals surface area contributed by atoms with Crippen molar-refractivity contribution in [2.75, 3.05) is 20.2 Å². The van der Waals surface area contributed by atoms with Crippen LogP contribution < -0.4 is 4.74 Å². The summed E-state index contributed by atoms with van der Waals surface area (Å²) in [4.78, 5) is 13.6. The Morgan fingerprint density at radius 3 is 2.50 bits per heavy atom. The molecule has 1 saturated heterocycles. The average Bonchev–Trinajstić information content (AvgIpc) is 2.69. The van der Waals surface area contributed by atoms with Gasteiger partial charge in [0.25, 0.3) is 5.91 Å². The molecule has 1 aromatic carbocycles. The summed E-state index contributed by atoms with van der Waals surface area (Å²) in [6.07, 6.45) is -1.72. The number of methoxy groups -OCH3 is 1. The number of nitrogens with zero attached hydrogens (tertiary/aromatic N) is 1. The maximum atomic E-state index is 12.2. The van der Waals surface area contributed by atoms with Crippen LogP contribution in [0.5, 0.6) is 5.75 Å². The van der Waals surface area contributed by atoms with Gasteiger partial charge < -0.3 is 19.8 Å². The molecular formula is C13H17NO4. The third-order valence-corrected chi connectivity index (χ3v) is 3.20. The summed E-state index contributed by atoms with van der Waals surface area (Å²) in [5.74, 6) is 0.449. The van der Waals surface area contributed by atoms with Crippen molar-refractivity contribution in [3.63, 3.8) is 0 Å². The molecule has 0 aromatic heterocycles. The predicted octanol–water partition coefficient (Wildman–Crippen LogP) is 0.181. The van der Waals surface area contributed by atoms with Gasteiger partial charge in [0.1, 0.15) is 5.75 Å². The van der Waals surface area contributed by atoms with E-state index in [2.05, 4.69) is 0 Å². The lowest BCUT2D eigenvalue weighted by atomic mass is 10.1. The Hall–Kier alpha value is -1.59. The Morgan fingerprint density at radius 2 is 1.94 bits per heavy atom. The van der Waals surface area contributed by atoms with E-state index in [1.54, 1.807) is 19.2 Å². The number of hydrogen-bond acceptors (Lipinski definition) is 4. The summed E-state index contributed by atoms with van der Waals surface area (Å²) in [6, 6.07) is 5.21. The second-order valence-electron chi connectivity index (χ2n) is 4.53. The van der Waals surface area contributed by atoms with Gasteiger partial charge in [-0.3, -0.25) is 4.79 Å². The SMILES string of the molecule is COc1cc(C(=O)N2C[C@@H](O)[C@@H](O)C2)ccc1C. The molecule has 1 amide bonds. The maximum Gasteiger partial charge on any atom is 0.254 e. The number of aliphatic hydroxyl groups excluding tert-OH is 2. The molecule has 5 heteroatoms. The average molecular weight is 251 g/mol. The van der Waals surface area contributed by atoms with Crippen LogP contribution in [-0.4, -0.2) is 53.4 Å². The van der Waals surface area contributed by atoms with Gasteiger partial charge >= 0.3 is 0 Å². The number of ether oxygens (including phenoxy) is 1. The molecule has 0 radical (unpaired) electrons. The Kier molecular flexibility index (Phi) is 3.54. The second-order valence-corrected chi connectivity index (χ2v) is 4.53. The molecule has 1 fully saturated rings. The fourth-order valence-electron chi connectivity index (χ4n) is 2.07. The molecule has 2 N–H and O–H groups in total. The minimum atomic E-state index is -0.860. The highest BCUT2D eigenvalue weighted by Crippen LogP contribution is 2.21. The van der Waals surface area contributed by atoms with Crippen LogP contribution in [0.3, 0.4) is 0 Å². The van der Waals surface area contributed by atoms with Gasteiger partial charge in [-0.1, -0.05) is 6.07 Å². The standard InChI is InChI=1S/C13H17NO4/c1-8-3-4-9(5-12(8)18-2)13(17)14-6-10(15)11(16)7-14/h3-5,10-11,15-16H,6-7H2,1-2H3/t10-,11+. The quantitative estimate of drug-likeness (QED) is 0.786. The monoisotopic (exact) mass is 251 g/mol. The van der Waals surface area contributed by atoms with Gasteiger partial charge in [-0.05, 0) is 24.6 Å². The van der Waals surface area contributed by atoms with Crippen LogP contribution in [0.25, 0.3) is 0 Å². The third kappa shape index (κ3) is 2.32. The van der Waals surface area contributed by atoms with Gasteiger partial charge in [0.15, 0.2) is 0 Å². The minimum absolute atomic E-state index is 0.163. The highest BCUT2D eigenvalue weighted by molar-refractivity contribution is 5.95. The Bertz CT molecular complexity index is 450. The molecule has 1 aliphatic heterocycles. The van der Waals surface area contributed by atoms with Crippen molar-refractivity contribution in [3.05, 3.63) is 29.3 Å². The first-order valence-corrected chi connectivity index (χ1v) is 5.83. The van der Waals surface area contributed by atoms with E-state index in [4.69, 9.17) is 4.74 Å². The highest BCUT2D eigenvalue weighted by atomic mass is 16.5. The predicted molar refractivity (Wildman–Crippen MR) is 65.6 cm³/mol. The zero-order valence-electron chi connectivity index (χ0n) is 10.5. The van der Waals surface area contributed by atoms with Crippen LogP contribution in [0.4, 0.5) is 0 Å². The number of amides is 1. The number of carbonyl (C=O) groups excluding carboxylic acids is 1. The van der Waals surface area contributed by atoms with Crippen molar-refractivity contribution in [1.82, 2.24) is 4.90 Å². The van der Waals surface area contributed by atoms with Crippen LogP contribution in [0.1, 0.15) is 15.9 Å². The fourth-order valence-corrected chi connectivity index (χ4v) is 2.07. The number of carbonyl (C=O) groups is 1. The van der Waals surface area contributed by atoms with Gasteiger partial charge in [-0.15, -0.1) is 0 Å². The molecule has 1 aliphatic rings. The van der Waals surface area contributed by atoms with E-state index in [1.807, 2.05) is 13.0 Å². The summed E-state index contributed by atoms with van der Waals surface area (Å²) in [6.45, 7) is 2.23. The van der Waals surface area contributed by atoms with Crippen molar-refractivity contribution >= 4 is 5.91 Å². The highest BCUT2D eigenvalue weighted by Gasteiger charge is 2.33. The third-order valence-electron chi connectivity index (χ3n) is 3.20. The van der Waals surface area contributed by atoms with Crippen molar-refractivity contribution in [1.29, 1.82) is 0 Å². The molecule has 98 valence electrons. The topological polar surface area (TPSA) is 70.0 Å². The van der Waals surface area contributed by atoms with Gasteiger partial charge in [-0.25, -0.2) is 0 Å². The van der Waals surface area contributed by atoms with E-state index >= 15 is 0 Å². The second kappa shape index (κ2) is 4.96. The molecular weight excluding hydrogens is 234 g/mol.